The Morgan fingerprint density at radius 1 is 1.44 bits per heavy atom. The summed E-state index contributed by atoms with van der Waals surface area (Å²) in [4.78, 5) is 16.8. The Labute approximate surface area is 94.1 Å². The fourth-order valence-corrected chi connectivity index (χ4v) is 2.46. The standard InChI is InChI=1S/C13H14N2O/c1-8(16)12-7-10-9-5-6-15(2)13(9)4-3-11(10)14-12/h3-4,7,14H,5-6H2,1-2H3. The van der Waals surface area contributed by atoms with Crippen molar-refractivity contribution < 1.29 is 4.79 Å². The molecule has 1 aliphatic heterocycles. The molecule has 0 amide bonds. The molecule has 0 fully saturated rings. The molecule has 0 atom stereocenters. The molecule has 16 heavy (non-hydrogen) atoms. The quantitative estimate of drug-likeness (QED) is 0.740. The first-order valence-electron chi connectivity index (χ1n) is 5.53. The van der Waals surface area contributed by atoms with Crippen LogP contribution in [0.4, 0.5) is 5.69 Å². The Hall–Kier alpha value is -1.77. The van der Waals surface area contributed by atoms with Crippen LogP contribution in [0.15, 0.2) is 18.2 Å². The van der Waals surface area contributed by atoms with Crippen molar-refractivity contribution >= 4 is 22.4 Å². The van der Waals surface area contributed by atoms with Gasteiger partial charge in [-0.15, -0.1) is 0 Å². The molecule has 0 bridgehead atoms. The number of rotatable bonds is 1. The van der Waals surface area contributed by atoms with E-state index in [-0.39, 0.29) is 5.78 Å². The highest BCUT2D eigenvalue weighted by Gasteiger charge is 2.19. The molecular formula is C13H14N2O. The Morgan fingerprint density at radius 2 is 2.25 bits per heavy atom. The van der Waals surface area contributed by atoms with Gasteiger partial charge in [-0.25, -0.2) is 0 Å². The zero-order chi connectivity index (χ0) is 11.3. The van der Waals surface area contributed by atoms with Crippen LogP contribution >= 0.6 is 0 Å². The number of nitrogens with zero attached hydrogens (tertiary/aromatic N) is 1. The molecule has 0 saturated heterocycles. The molecule has 3 rings (SSSR count). The van der Waals surface area contributed by atoms with E-state index in [1.165, 1.54) is 16.6 Å². The lowest BCUT2D eigenvalue weighted by atomic mass is 10.1. The summed E-state index contributed by atoms with van der Waals surface area (Å²) in [7, 11) is 2.11. The summed E-state index contributed by atoms with van der Waals surface area (Å²) in [6.07, 6.45) is 1.07. The molecule has 1 aliphatic rings. The van der Waals surface area contributed by atoms with Gasteiger partial charge in [-0.1, -0.05) is 0 Å². The first-order valence-corrected chi connectivity index (χ1v) is 5.53. The number of nitrogens with one attached hydrogen (secondary N) is 1. The fourth-order valence-electron chi connectivity index (χ4n) is 2.46. The number of aromatic amines is 1. The summed E-state index contributed by atoms with van der Waals surface area (Å²) in [5, 5.41) is 1.20. The van der Waals surface area contributed by atoms with Gasteiger partial charge < -0.3 is 9.88 Å². The van der Waals surface area contributed by atoms with Crippen molar-refractivity contribution in [2.45, 2.75) is 13.3 Å². The van der Waals surface area contributed by atoms with Gasteiger partial charge in [-0.2, -0.15) is 0 Å². The van der Waals surface area contributed by atoms with Crippen LogP contribution in [0, 0.1) is 0 Å². The summed E-state index contributed by atoms with van der Waals surface area (Å²) in [6.45, 7) is 2.66. The monoisotopic (exact) mass is 214 g/mol. The highest BCUT2D eigenvalue weighted by molar-refractivity contribution is 6.00. The van der Waals surface area contributed by atoms with E-state index >= 15 is 0 Å². The van der Waals surface area contributed by atoms with Crippen LogP contribution in [-0.4, -0.2) is 24.4 Å². The fraction of sp³-hybridized carbons (Fsp3) is 0.308. The summed E-state index contributed by atoms with van der Waals surface area (Å²) >= 11 is 0. The maximum atomic E-state index is 11.3. The number of ketones is 1. The van der Waals surface area contributed by atoms with Gasteiger partial charge in [0, 0.05) is 37.1 Å². The van der Waals surface area contributed by atoms with Crippen LogP contribution in [0.1, 0.15) is 23.0 Å². The number of fused-ring (bicyclic) bond motifs is 3. The SMILES string of the molecule is CC(=O)c1cc2c3c(ccc2[nH]1)N(C)CC3. The lowest BCUT2D eigenvalue weighted by Crippen LogP contribution is -2.12. The number of H-pyrrole nitrogens is 1. The topological polar surface area (TPSA) is 36.1 Å². The largest absolute Gasteiger partial charge is 0.374 e. The molecular weight excluding hydrogens is 200 g/mol. The first-order chi connectivity index (χ1) is 7.66. The van der Waals surface area contributed by atoms with Crippen molar-refractivity contribution in [3.8, 4) is 0 Å². The minimum Gasteiger partial charge on any atom is -0.374 e. The molecule has 1 aromatic carbocycles. The molecule has 0 radical (unpaired) electrons. The number of benzene rings is 1. The first kappa shape index (κ1) is 9.46. The normalized spacial score (nSPS) is 14.5. The Morgan fingerprint density at radius 3 is 3.00 bits per heavy atom. The van der Waals surface area contributed by atoms with Crippen molar-refractivity contribution in [3.63, 3.8) is 0 Å². The number of carbonyl (C=O) groups is 1. The van der Waals surface area contributed by atoms with Gasteiger partial charge in [-0.3, -0.25) is 4.79 Å². The summed E-state index contributed by atoms with van der Waals surface area (Å²) < 4.78 is 0. The third-order valence-electron chi connectivity index (χ3n) is 3.38. The van der Waals surface area contributed by atoms with Crippen LogP contribution in [-0.2, 0) is 6.42 Å². The Bertz CT molecular complexity index is 583. The minimum absolute atomic E-state index is 0.0938. The number of likely N-dealkylation sites (N-methyl/N-ethyl adjacent to an activating group) is 1. The van der Waals surface area contributed by atoms with Crippen molar-refractivity contribution in [3.05, 3.63) is 29.5 Å². The van der Waals surface area contributed by atoms with Crippen LogP contribution in [0.3, 0.4) is 0 Å². The number of carbonyl (C=O) groups excluding carboxylic acids is 1. The van der Waals surface area contributed by atoms with Crippen LogP contribution < -0.4 is 4.90 Å². The van der Waals surface area contributed by atoms with E-state index in [1.807, 2.05) is 6.07 Å². The van der Waals surface area contributed by atoms with Gasteiger partial charge in [0.25, 0.3) is 0 Å². The highest BCUT2D eigenvalue weighted by atomic mass is 16.1. The maximum absolute atomic E-state index is 11.3. The average molecular weight is 214 g/mol. The average Bonchev–Trinajstić information content (AvgIpc) is 2.81. The predicted molar refractivity (Wildman–Crippen MR) is 65.3 cm³/mol. The molecule has 82 valence electrons. The van der Waals surface area contributed by atoms with Crippen LogP contribution in [0.5, 0.6) is 0 Å². The number of hydrogen-bond donors (Lipinski definition) is 1. The Kier molecular flexibility index (Phi) is 1.84. The Balaban J connectivity index is 2.29. The highest BCUT2D eigenvalue weighted by Crippen LogP contribution is 2.33. The molecule has 2 aromatic rings. The van der Waals surface area contributed by atoms with E-state index < -0.39 is 0 Å². The van der Waals surface area contributed by atoms with E-state index in [1.54, 1.807) is 6.92 Å². The molecule has 1 N–H and O–H groups in total. The van der Waals surface area contributed by atoms with Gasteiger partial charge >= 0.3 is 0 Å². The molecule has 0 unspecified atom stereocenters. The van der Waals surface area contributed by atoms with Gasteiger partial charge in [0.15, 0.2) is 5.78 Å². The predicted octanol–water partition coefficient (Wildman–Crippen LogP) is 2.36. The van der Waals surface area contributed by atoms with E-state index in [2.05, 4.69) is 29.1 Å². The van der Waals surface area contributed by atoms with Gasteiger partial charge in [0.1, 0.15) is 0 Å². The minimum atomic E-state index is 0.0938. The van der Waals surface area contributed by atoms with E-state index in [9.17, 15) is 4.79 Å². The molecule has 3 nitrogen and oxygen atoms in total. The molecule has 0 aliphatic carbocycles. The van der Waals surface area contributed by atoms with Gasteiger partial charge in [-0.05, 0) is 30.2 Å². The van der Waals surface area contributed by atoms with Crippen LogP contribution in [0.2, 0.25) is 0 Å². The summed E-state index contributed by atoms with van der Waals surface area (Å²) in [5.74, 6) is 0.0938. The number of aromatic nitrogens is 1. The second-order valence-corrected chi connectivity index (χ2v) is 4.44. The second kappa shape index (κ2) is 3.11. The van der Waals surface area contributed by atoms with E-state index in [4.69, 9.17) is 0 Å². The number of anilines is 1. The zero-order valence-corrected chi connectivity index (χ0v) is 9.50. The second-order valence-electron chi connectivity index (χ2n) is 4.44. The molecule has 0 saturated carbocycles. The summed E-state index contributed by atoms with van der Waals surface area (Å²) in [6, 6.07) is 6.17. The number of Topliss-reactive ketones (excluding diaryl/α,β-unsaturated/α-hetero) is 1. The van der Waals surface area contributed by atoms with Crippen LogP contribution in [0.25, 0.3) is 10.9 Å². The van der Waals surface area contributed by atoms with E-state index in [0.717, 1.165) is 18.5 Å². The number of hydrogen-bond acceptors (Lipinski definition) is 2. The summed E-state index contributed by atoms with van der Waals surface area (Å²) in [5.41, 5.74) is 4.43. The van der Waals surface area contributed by atoms with Crippen molar-refractivity contribution in [1.82, 2.24) is 4.98 Å². The lowest BCUT2D eigenvalue weighted by molar-refractivity contribution is 0.101. The van der Waals surface area contributed by atoms with Crippen molar-refractivity contribution in [2.24, 2.45) is 0 Å². The molecule has 0 spiro atoms. The van der Waals surface area contributed by atoms with Crippen molar-refractivity contribution in [2.75, 3.05) is 18.5 Å². The van der Waals surface area contributed by atoms with Crippen molar-refractivity contribution in [1.29, 1.82) is 0 Å². The lowest BCUT2D eigenvalue weighted by Gasteiger charge is -2.11. The van der Waals surface area contributed by atoms with Gasteiger partial charge in [0.2, 0.25) is 0 Å². The zero-order valence-electron chi connectivity index (χ0n) is 9.50. The molecule has 3 heteroatoms. The van der Waals surface area contributed by atoms with Gasteiger partial charge in [0.05, 0.1) is 5.69 Å². The van der Waals surface area contributed by atoms with E-state index in [0.29, 0.717) is 5.69 Å². The smallest absolute Gasteiger partial charge is 0.175 e. The third kappa shape index (κ3) is 1.18. The molecule has 2 heterocycles. The molecule has 1 aromatic heterocycles. The maximum Gasteiger partial charge on any atom is 0.175 e. The third-order valence-corrected chi connectivity index (χ3v) is 3.38.